The first-order valence-corrected chi connectivity index (χ1v) is 7.67. The van der Waals surface area contributed by atoms with E-state index in [1.165, 1.54) is 45.1 Å². The van der Waals surface area contributed by atoms with E-state index in [0.717, 1.165) is 12.0 Å². The van der Waals surface area contributed by atoms with Crippen LogP contribution in [0.1, 0.15) is 52.4 Å². The SMILES string of the molecule is C=CNC(CC)CC(C)CCC1CCCN1Br. The molecule has 1 fully saturated rings. The molecule has 2 nitrogen and oxygen atoms in total. The molecule has 1 rings (SSSR count). The highest BCUT2D eigenvalue weighted by molar-refractivity contribution is 9.07. The zero-order valence-electron chi connectivity index (χ0n) is 11.3. The Hall–Kier alpha value is -0.0200. The second-order valence-electron chi connectivity index (χ2n) is 5.31. The Bertz CT molecular complexity index is 220. The van der Waals surface area contributed by atoms with Crippen molar-refractivity contribution in [1.82, 2.24) is 9.24 Å². The average Bonchev–Trinajstić information content (AvgIpc) is 2.71. The van der Waals surface area contributed by atoms with Gasteiger partial charge in [0, 0.05) is 34.8 Å². The van der Waals surface area contributed by atoms with Crippen molar-refractivity contribution < 1.29 is 0 Å². The monoisotopic (exact) mass is 302 g/mol. The van der Waals surface area contributed by atoms with E-state index in [2.05, 4.69) is 45.8 Å². The average molecular weight is 303 g/mol. The highest BCUT2D eigenvalue weighted by Gasteiger charge is 2.22. The van der Waals surface area contributed by atoms with Gasteiger partial charge in [-0.2, -0.15) is 0 Å². The number of hydrogen-bond donors (Lipinski definition) is 1. The Balaban J connectivity index is 2.19. The molecular weight excluding hydrogens is 276 g/mol. The molecule has 0 spiro atoms. The van der Waals surface area contributed by atoms with E-state index in [9.17, 15) is 0 Å². The fourth-order valence-electron chi connectivity index (χ4n) is 2.68. The minimum atomic E-state index is 0.603. The molecular formula is C14H27BrN2. The van der Waals surface area contributed by atoms with Crippen molar-refractivity contribution in [1.29, 1.82) is 0 Å². The molecule has 1 N–H and O–H groups in total. The largest absolute Gasteiger partial charge is 0.389 e. The summed E-state index contributed by atoms with van der Waals surface area (Å²) < 4.78 is 2.35. The van der Waals surface area contributed by atoms with Crippen LogP contribution in [0.3, 0.4) is 0 Å². The summed E-state index contributed by atoms with van der Waals surface area (Å²) in [5.41, 5.74) is 0. The van der Waals surface area contributed by atoms with E-state index in [0.29, 0.717) is 6.04 Å². The van der Waals surface area contributed by atoms with Crippen molar-refractivity contribution in [2.24, 2.45) is 5.92 Å². The van der Waals surface area contributed by atoms with Crippen LogP contribution < -0.4 is 5.32 Å². The normalized spacial score (nSPS) is 24.5. The van der Waals surface area contributed by atoms with E-state index in [4.69, 9.17) is 0 Å². The summed E-state index contributed by atoms with van der Waals surface area (Å²) >= 11 is 3.65. The van der Waals surface area contributed by atoms with Gasteiger partial charge in [0.1, 0.15) is 0 Å². The molecule has 0 saturated carbocycles. The van der Waals surface area contributed by atoms with Gasteiger partial charge in [-0.25, -0.2) is 3.93 Å². The number of rotatable bonds is 8. The van der Waals surface area contributed by atoms with E-state index in [-0.39, 0.29) is 0 Å². The van der Waals surface area contributed by atoms with Gasteiger partial charge >= 0.3 is 0 Å². The lowest BCUT2D eigenvalue weighted by molar-refractivity contribution is 0.345. The Kier molecular flexibility index (Phi) is 7.21. The fraction of sp³-hybridized carbons (Fsp3) is 0.857. The van der Waals surface area contributed by atoms with Gasteiger partial charge in [-0.05, 0) is 50.6 Å². The molecule has 0 radical (unpaired) electrons. The zero-order valence-corrected chi connectivity index (χ0v) is 12.9. The predicted octanol–water partition coefficient (Wildman–Crippen LogP) is 4.08. The molecule has 3 atom stereocenters. The molecule has 0 aromatic rings. The summed E-state index contributed by atoms with van der Waals surface area (Å²) in [5.74, 6) is 0.800. The van der Waals surface area contributed by atoms with Crippen LogP contribution in [0.2, 0.25) is 0 Å². The molecule has 0 aromatic carbocycles. The lowest BCUT2D eigenvalue weighted by Crippen LogP contribution is -2.26. The predicted molar refractivity (Wildman–Crippen MR) is 79.1 cm³/mol. The van der Waals surface area contributed by atoms with Crippen LogP contribution in [0.4, 0.5) is 0 Å². The van der Waals surface area contributed by atoms with E-state index in [1.54, 1.807) is 0 Å². The van der Waals surface area contributed by atoms with Crippen LogP contribution in [0.15, 0.2) is 12.8 Å². The van der Waals surface area contributed by atoms with Gasteiger partial charge in [0.2, 0.25) is 0 Å². The van der Waals surface area contributed by atoms with Gasteiger partial charge in [0.25, 0.3) is 0 Å². The second kappa shape index (κ2) is 8.15. The van der Waals surface area contributed by atoms with Crippen molar-refractivity contribution in [3.8, 4) is 0 Å². The summed E-state index contributed by atoms with van der Waals surface area (Å²) in [6, 6.07) is 1.37. The van der Waals surface area contributed by atoms with Gasteiger partial charge in [-0.1, -0.05) is 20.4 Å². The molecule has 1 aliphatic rings. The van der Waals surface area contributed by atoms with Crippen LogP contribution >= 0.6 is 16.1 Å². The van der Waals surface area contributed by atoms with Gasteiger partial charge in [-0.3, -0.25) is 0 Å². The zero-order chi connectivity index (χ0) is 12.7. The summed E-state index contributed by atoms with van der Waals surface area (Å²) in [5, 5.41) is 3.34. The van der Waals surface area contributed by atoms with Gasteiger partial charge in [0.05, 0.1) is 0 Å². The number of hydrogen-bond acceptors (Lipinski definition) is 2. The molecule has 0 amide bonds. The molecule has 0 bridgehead atoms. The summed E-state index contributed by atoms with van der Waals surface area (Å²) in [6.07, 6.45) is 9.65. The first kappa shape index (κ1) is 15.0. The molecule has 0 aliphatic carbocycles. The molecule has 0 aromatic heterocycles. The maximum Gasteiger partial charge on any atom is 0.0255 e. The molecule has 3 unspecified atom stereocenters. The topological polar surface area (TPSA) is 15.3 Å². The van der Waals surface area contributed by atoms with Crippen LogP contribution in [-0.2, 0) is 0 Å². The fourth-order valence-corrected chi connectivity index (χ4v) is 3.34. The first-order chi connectivity index (χ1) is 8.17. The molecule has 1 aliphatic heterocycles. The third kappa shape index (κ3) is 5.43. The Morgan fingerprint density at radius 1 is 1.59 bits per heavy atom. The quantitative estimate of drug-likeness (QED) is 0.680. The molecule has 100 valence electrons. The highest BCUT2D eigenvalue weighted by Crippen LogP contribution is 2.26. The number of halogens is 1. The van der Waals surface area contributed by atoms with Crippen LogP contribution in [-0.4, -0.2) is 22.6 Å². The van der Waals surface area contributed by atoms with Gasteiger partial charge in [0.15, 0.2) is 0 Å². The summed E-state index contributed by atoms with van der Waals surface area (Å²) in [4.78, 5) is 0. The van der Waals surface area contributed by atoms with Crippen molar-refractivity contribution in [2.45, 2.75) is 64.5 Å². The van der Waals surface area contributed by atoms with E-state index < -0.39 is 0 Å². The van der Waals surface area contributed by atoms with Crippen molar-refractivity contribution in [3.63, 3.8) is 0 Å². The third-order valence-corrected chi connectivity index (χ3v) is 4.76. The van der Waals surface area contributed by atoms with Crippen LogP contribution in [0, 0.1) is 5.92 Å². The molecule has 3 heteroatoms. The minimum absolute atomic E-state index is 0.603. The maximum atomic E-state index is 3.75. The van der Waals surface area contributed by atoms with E-state index in [1.807, 2.05) is 6.20 Å². The van der Waals surface area contributed by atoms with Crippen molar-refractivity contribution >= 4 is 16.1 Å². The second-order valence-corrected chi connectivity index (χ2v) is 6.22. The highest BCUT2D eigenvalue weighted by atomic mass is 79.9. The lowest BCUT2D eigenvalue weighted by Gasteiger charge is -2.22. The van der Waals surface area contributed by atoms with Crippen molar-refractivity contribution in [3.05, 3.63) is 12.8 Å². The van der Waals surface area contributed by atoms with Crippen LogP contribution in [0.5, 0.6) is 0 Å². The maximum absolute atomic E-state index is 3.75. The Labute approximate surface area is 115 Å². The Morgan fingerprint density at radius 3 is 2.88 bits per heavy atom. The van der Waals surface area contributed by atoms with Gasteiger partial charge in [-0.15, -0.1) is 0 Å². The minimum Gasteiger partial charge on any atom is -0.389 e. The summed E-state index contributed by atoms with van der Waals surface area (Å²) in [6.45, 7) is 9.58. The number of nitrogens with zero attached hydrogens (tertiary/aromatic N) is 1. The van der Waals surface area contributed by atoms with Crippen LogP contribution in [0.25, 0.3) is 0 Å². The number of nitrogens with one attached hydrogen (secondary N) is 1. The Morgan fingerprint density at radius 2 is 2.35 bits per heavy atom. The van der Waals surface area contributed by atoms with E-state index >= 15 is 0 Å². The van der Waals surface area contributed by atoms with Gasteiger partial charge < -0.3 is 5.32 Å². The molecule has 17 heavy (non-hydrogen) atoms. The first-order valence-electron chi connectivity index (χ1n) is 6.96. The molecule has 1 saturated heterocycles. The smallest absolute Gasteiger partial charge is 0.0255 e. The molecule has 1 heterocycles. The third-order valence-electron chi connectivity index (χ3n) is 3.83. The van der Waals surface area contributed by atoms with Crippen molar-refractivity contribution in [2.75, 3.05) is 6.54 Å². The summed E-state index contributed by atoms with van der Waals surface area (Å²) in [7, 11) is 0. The lowest BCUT2D eigenvalue weighted by atomic mass is 9.93. The standard InChI is InChI=1S/C14H27BrN2/c1-4-13(16-5-2)11-12(3)8-9-14-7-6-10-17(14)15/h5,12-14,16H,2,4,6-11H2,1,3H3.